The summed E-state index contributed by atoms with van der Waals surface area (Å²) in [6, 6.07) is 2.47. The molecular formula is C11H12ClFN2O3. The molecule has 1 amide bonds. The highest BCUT2D eigenvalue weighted by molar-refractivity contribution is 6.18. The zero-order chi connectivity index (χ0) is 13.9. The van der Waals surface area contributed by atoms with Gasteiger partial charge in [-0.05, 0) is 19.1 Å². The predicted octanol–water partition coefficient (Wildman–Crippen LogP) is 2.43. The first kappa shape index (κ1) is 14.4. The zero-order valence-corrected chi connectivity index (χ0v) is 10.6. The van der Waals surface area contributed by atoms with Crippen molar-refractivity contribution < 1.29 is 14.1 Å². The molecule has 1 unspecified atom stereocenters. The van der Waals surface area contributed by atoms with E-state index in [2.05, 4.69) is 0 Å². The second kappa shape index (κ2) is 5.77. The third-order valence-electron chi connectivity index (χ3n) is 2.59. The van der Waals surface area contributed by atoms with Crippen LogP contribution in [0, 0.1) is 15.9 Å². The summed E-state index contributed by atoms with van der Waals surface area (Å²) in [5, 5.41) is 10.8. The Kier molecular flexibility index (Phi) is 4.61. The van der Waals surface area contributed by atoms with E-state index in [0.717, 1.165) is 18.2 Å². The monoisotopic (exact) mass is 274 g/mol. The van der Waals surface area contributed by atoms with Crippen molar-refractivity contribution in [3.05, 3.63) is 39.7 Å². The van der Waals surface area contributed by atoms with Crippen LogP contribution in [0.25, 0.3) is 0 Å². The van der Waals surface area contributed by atoms with Crippen LogP contribution in [0.1, 0.15) is 17.3 Å². The van der Waals surface area contributed by atoms with E-state index < -0.39 is 22.3 Å². The number of halogens is 2. The van der Waals surface area contributed by atoms with E-state index in [1.165, 1.54) is 11.9 Å². The summed E-state index contributed by atoms with van der Waals surface area (Å²) in [6.45, 7) is 1.69. The molecule has 0 radical (unpaired) electrons. The van der Waals surface area contributed by atoms with Crippen LogP contribution >= 0.6 is 11.6 Å². The number of carbonyl (C=O) groups is 1. The number of amides is 1. The van der Waals surface area contributed by atoms with Crippen molar-refractivity contribution in [2.24, 2.45) is 0 Å². The molecule has 7 heteroatoms. The molecule has 0 aliphatic rings. The average molecular weight is 275 g/mol. The number of rotatable bonds is 4. The number of nitro groups is 1. The Morgan fingerprint density at radius 3 is 2.72 bits per heavy atom. The first-order chi connectivity index (χ1) is 8.38. The molecule has 5 nitrogen and oxygen atoms in total. The van der Waals surface area contributed by atoms with Crippen molar-refractivity contribution in [1.29, 1.82) is 0 Å². The zero-order valence-electron chi connectivity index (χ0n) is 9.89. The van der Waals surface area contributed by atoms with Crippen molar-refractivity contribution >= 4 is 23.2 Å². The van der Waals surface area contributed by atoms with Gasteiger partial charge in [0.2, 0.25) is 0 Å². The van der Waals surface area contributed by atoms with Crippen molar-refractivity contribution in [3.63, 3.8) is 0 Å². The van der Waals surface area contributed by atoms with E-state index in [0.29, 0.717) is 0 Å². The second-order valence-electron chi connectivity index (χ2n) is 3.84. The smallest absolute Gasteiger partial charge is 0.282 e. The lowest BCUT2D eigenvalue weighted by Crippen LogP contribution is -2.36. The van der Waals surface area contributed by atoms with Gasteiger partial charge in [-0.25, -0.2) is 4.39 Å². The molecule has 0 fully saturated rings. The van der Waals surface area contributed by atoms with Gasteiger partial charge in [-0.2, -0.15) is 0 Å². The Morgan fingerprint density at radius 2 is 2.22 bits per heavy atom. The minimum Gasteiger partial charge on any atom is -0.338 e. The van der Waals surface area contributed by atoms with Crippen LogP contribution in [-0.4, -0.2) is 34.7 Å². The maximum absolute atomic E-state index is 13.1. The van der Waals surface area contributed by atoms with E-state index in [9.17, 15) is 19.3 Å². The number of hydrogen-bond acceptors (Lipinski definition) is 3. The van der Waals surface area contributed by atoms with Crippen LogP contribution in [-0.2, 0) is 0 Å². The summed E-state index contributed by atoms with van der Waals surface area (Å²) in [7, 11) is 1.46. The molecule has 0 saturated heterocycles. The fourth-order valence-corrected chi connectivity index (χ4v) is 1.54. The molecule has 1 aromatic carbocycles. The molecule has 98 valence electrons. The molecule has 0 N–H and O–H groups in total. The van der Waals surface area contributed by atoms with Crippen molar-refractivity contribution in [1.82, 2.24) is 4.90 Å². The molecule has 18 heavy (non-hydrogen) atoms. The summed E-state index contributed by atoms with van der Waals surface area (Å²) in [4.78, 5) is 23.3. The molecular weight excluding hydrogens is 263 g/mol. The molecule has 1 rings (SSSR count). The molecule has 0 aliphatic carbocycles. The Balaban J connectivity index is 3.19. The number of benzene rings is 1. The van der Waals surface area contributed by atoms with Gasteiger partial charge >= 0.3 is 0 Å². The van der Waals surface area contributed by atoms with E-state index in [4.69, 9.17) is 11.6 Å². The Labute approximate surface area is 108 Å². The normalized spacial score (nSPS) is 12.0. The SMILES string of the molecule is CC(CCl)N(C)C(=O)c1cc(F)ccc1[N+](=O)[O-]. The van der Waals surface area contributed by atoms with E-state index in [1.54, 1.807) is 6.92 Å². The summed E-state index contributed by atoms with van der Waals surface area (Å²) >= 11 is 5.61. The fraction of sp³-hybridized carbons (Fsp3) is 0.364. The van der Waals surface area contributed by atoms with Gasteiger partial charge in [0.15, 0.2) is 0 Å². The standard InChI is InChI=1S/C11H12ClFN2O3/c1-7(6-12)14(2)11(16)9-5-8(13)3-4-10(9)15(17)18/h3-5,7H,6H2,1-2H3. The Hall–Kier alpha value is -1.69. The molecule has 0 saturated carbocycles. The van der Waals surface area contributed by atoms with Gasteiger partial charge < -0.3 is 4.90 Å². The van der Waals surface area contributed by atoms with Crippen LogP contribution in [0.15, 0.2) is 18.2 Å². The maximum Gasteiger partial charge on any atom is 0.282 e. The van der Waals surface area contributed by atoms with Gasteiger partial charge in [0, 0.05) is 25.0 Å². The van der Waals surface area contributed by atoms with Gasteiger partial charge in [0.05, 0.1) is 4.92 Å². The molecule has 1 atom stereocenters. The third kappa shape index (κ3) is 2.95. The van der Waals surface area contributed by atoms with Gasteiger partial charge in [-0.15, -0.1) is 11.6 Å². The largest absolute Gasteiger partial charge is 0.338 e. The van der Waals surface area contributed by atoms with Crippen molar-refractivity contribution in [2.45, 2.75) is 13.0 Å². The van der Waals surface area contributed by atoms with Crippen molar-refractivity contribution in [2.75, 3.05) is 12.9 Å². The maximum atomic E-state index is 13.1. The van der Waals surface area contributed by atoms with Crippen molar-refractivity contribution in [3.8, 4) is 0 Å². The predicted molar refractivity (Wildman–Crippen MR) is 65.3 cm³/mol. The van der Waals surface area contributed by atoms with Crippen LogP contribution in [0.3, 0.4) is 0 Å². The highest BCUT2D eigenvalue weighted by Gasteiger charge is 2.25. The molecule has 0 bridgehead atoms. The van der Waals surface area contributed by atoms with Crippen LogP contribution in [0.4, 0.5) is 10.1 Å². The van der Waals surface area contributed by atoms with E-state index in [1.807, 2.05) is 0 Å². The number of carbonyl (C=O) groups excluding carboxylic acids is 1. The second-order valence-corrected chi connectivity index (χ2v) is 4.15. The minimum absolute atomic E-state index is 0.186. The summed E-state index contributed by atoms with van der Waals surface area (Å²) in [6.07, 6.45) is 0. The lowest BCUT2D eigenvalue weighted by atomic mass is 10.1. The lowest BCUT2D eigenvalue weighted by molar-refractivity contribution is -0.385. The van der Waals surface area contributed by atoms with Gasteiger partial charge in [0.25, 0.3) is 11.6 Å². The van der Waals surface area contributed by atoms with Gasteiger partial charge in [-0.1, -0.05) is 0 Å². The Morgan fingerprint density at radius 1 is 1.61 bits per heavy atom. The highest BCUT2D eigenvalue weighted by atomic mass is 35.5. The number of alkyl halides is 1. The summed E-state index contributed by atoms with van der Waals surface area (Å²) < 4.78 is 13.1. The molecule has 1 aromatic rings. The van der Waals surface area contributed by atoms with Crippen LogP contribution < -0.4 is 0 Å². The highest BCUT2D eigenvalue weighted by Crippen LogP contribution is 2.21. The van der Waals surface area contributed by atoms with Gasteiger partial charge in [0.1, 0.15) is 11.4 Å². The minimum atomic E-state index is -0.716. The molecule has 0 heterocycles. The van der Waals surface area contributed by atoms with Gasteiger partial charge in [-0.3, -0.25) is 14.9 Å². The van der Waals surface area contributed by atoms with E-state index in [-0.39, 0.29) is 17.5 Å². The number of nitrogens with zero attached hydrogens (tertiary/aromatic N) is 2. The van der Waals surface area contributed by atoms with E-state index >= 15 is 0 Å². The first-order valence-corrected chi connectivity index (χ1v) is 5.69. The number of hydrogen-bond donors (Lipinski definition) is 0. The van der Waals surface area contributed by atoms with Crippen LogP contribution in [0.2, 0.25) is 0 Å². The molecule has 0 aromatic heterocycles. The first-order valence-electron chi connectivity index (χ1n) is 5.15. The molecule has 0 spiro atoms. The number of nitro benzene ring substituents is 1. The Bertz CT molecular complexity index is 481. The topological polar surface area (TPSA) is 63.5 Å². The summed E-state index contributed by atoms with van der Waals surface area (Å²) in [5.74, 6) is -1.14. The fourth-order valence-electron chi connectivity index (χ4n) is 1.33. The average Bonchev–Trinajstić information content (AvgIpc) is 2.35. The third-order valence-corrected chi connectivity index (χ3v) is 3.04. The lowest BCUT2D eigenvalue weighted by Gasteiger charge is -2.22. The van der Waals surface area contributed by atoms with Crippen LogP contribution in [0.5, 0.6) is 0 Å². The quantitative estimate of drug-likeness (QED) is 0.481. The summed E-state index contributed by atoms with van der Waals surface area (Å²) in [5.41, 5.74) is -0.700. The molecule has 0 aliphatic heterocycles.